The van der Waals surface area contributed by atoms with Crippen LogP contribution >= 0.6 is 11.6 Å². The summed E-state index contributed by atoms with van der Waals surface area (Å²) in [6, 6.07) is 9.88. The van der Waals surface area contributed by atoms with Gasteiger partial charge in [-0.3, -0.25) is 19.7 Å². The molecule has 15 heteroatoms. The zero-order valence-electron chi connectivity index (χ0n) is 20.1. The van der Waals surface area contributed by atoms with Crippen LogP contribution in [0, 0.1) is 10.1 Å². The number of sulfonamides is 1. The van der Waals surface area contributed by atoms with Gasteiger partial charge in [-0.1, -0.05) is 23.7 Å². The summed E-state index contributed by atoms with van der Waals surface area (Å²) in [5, 5.41) is 13.6. The first kappa shape index (κ1) is 27.2. The minimum Gasteiger partial charge on any atom is -0.379 e. The molecule has 2 aromatic carbocycles. The van der Waals surface area contributed by atoms with E-state index in [1.807, 2.05) is 0 Å². The Labute approximate surface area is 222 Å². The molecule has 4 rings (SSSR count). The number of nitro benzene ring substituents is 1. The van der Waals surface area contributed by atoms with Gasteiger partial charge < -0.3 is 19.9 Å². The number of anilines is 1. The molecule has 1 saturated heterocycles. The third kappa shape index (κ3) is 5.99. The van der Waals surface area contributed by atoms with Crippen LogP contribution in [0.1, 0.15) is 10.5 Å². The van der Waals surface area contributed by atoms with Gasteiger partial charge in [-0.15, -0.1) is 0 Å². The molecule has 3 aromatic rings. The van der Waals surface area contributed by atoms with E-state index in [0.717, 1.165) is 4.90 Å². The molecule has 0 atom stereocenters. The highest BCUT2D eigenvalue weighted by molar-refractivity contribution is 7.89. The Kier molecular flexibility index (Phi) is 8.06. The Morgan fingerprint density at radius 3 is 2.68 bits per heavy atom. The van der Waals surface area contributed by atoms with Gasteiger partial charge in [0.15, 0.2) is 0 Å². The van der Waals surface area contributed by atoms with Crippen molar-refractivity contribution in [2.45, 2.75) is 4.90 Å². The SMILES string of the molecule is CN(CC(=O)Nc1ccc(Cl)c(S(=O)(=O)N2CCOCC2)c1)C(=O)c1cnc(-c2cccc([N+](=O)[O-])c2)[nH]1. The normalized spacial score (nSPS) is 14.2. The van der Waals surface area contributed by atoms with Gasteiger partial charge in [0.05, 0.1) is 35.9 Å². The molecule has 0 radical (unpaired) electrons. The van der Waals surface area contributed by atoms with Crippen molar-refractivity contribution >= 4 is 44.8 Å². The predicted molar refractivity (Wildman–Crippen MR) is 137 cm³/mol. The monoisotopic (exact) mass is 562 g/mol. The number of imidazole rings is 1. The van der Waals surface area contributed by atoms with Gasteiger partial charge in [0.25, 0.3) is 11.6 Å². The van der Waals surface area contributed by atoms with Crippen LogP contribution < -0.4 is 5.32 Å². The van der Waals surface area contributed by atoms with Crippen molar-refractivity contribution in [1.82, 2.24) is 19.2 Å². The van der Waals surface area contributed by atoms with Crippen molar-refractivity contribution in [2.75, 3.05) is 45.2 Å². The maximum atomic E-state index is 13.0. The van der Waals surface area contributed by atoms with Gasteiger partial charge in [0.2, 0.25) is 15.9 Å². The Balaban J connectivity index is 1.42. The number of carbonyl (C=O) groups excluding carboxylic acids is 2. The molecule has 1 aromatic heterocycles. The van der Waals surface area contributed by atoms with Gasteiger partial charge in [0, 0.05) is 43.5 Å². The van der Waals surface area contributed by atoms with Crippen LogP contribution in [0.3, 0.4) is 0 Å². The summed E-state index contributed by atoms with van der Waals surface area (Å²) in [7, 11) is -2.49. The number of hydrogen-bond acceptors (Lipinski definition) is 8. The number of nitrogens with one attached hydrogen (secondary N) is 2. The number of nitro groups is 1. The summed E-state index contributed by atoms with van der Waals surface area (Å²) < 4.78 is 32.5. The van der Waals surface area contributed by atoms with Gasteiger partial charge in [-0.2, -0.15) is 4.31 Å². The fraction of sp³-hybridized carbons (Fsp3) is 0.261. The Hall–Kier alpha value is -3.85. The number of halogens is 1. The average molecular weight is 563 g/mol. The molecule has 2 heterocycles. The van der Waals surface area contributed by atoms with E-state index in [4.69, 9.17) is 16.3 Å². The van der Waals surface area contributed by atoms with Crippen LogP contribution in [-0.2, 0) is 19.6 Å². The zero-order chi connectivity index (χ0) is 27.4. The molecule has 13 nitrogen and oxygen atoms in total. The van der Waals surface area contributed by atoms with Gasteiger partial charge >= 0.3 is 0 Å². The summed E-state index contributed by atoms with van der Waals surface area (Å²) in [5.74, 6) is -0.864. The maximum Gasteiger partial charge on any atom is 0.272 e. The lowest BCUT2D eigenvalue weighted by Crippen LogP contribution is -2.40. The number of likely N-dealkylation sites (N-methyl/N-ethyl adjacent to an activating group) is 1. The van der Waals surface area contributed by atoms with Crippen LogP contribution in [0.15, 0.2) is 53.6 Å². The first-order valence-corrected chi connectivity index (χ1v) is 13.1. The lowest BCUT2D eigenvalue weighted by atomic mass is 10.2. The van der Waals surface area contributed by atoms with Crippen LogP contribution in [0.25, 0.3) is 11.4 Å². The first-order valence-electron chi connectivity index (χ1n) is 11.3. The number of rotatable bonds is 8. The third-order valence-electron chi connectivity index (χ3n) is 5.67. The van der Waals surface area contributed by atoms with E-state index in [1.54, 1.807) is 6.07 Å². The Bertz CT molecular complexity index is 1490. The molecule has 0 bridgehead atoms. The number of ether oxygens (including phenoxy) is 1. The number of morpholine rings is 1. The summed E-state index contributed by atoms with van der Waals surface area (Å²) in [5.41, 5.74) is 0.571. The van der Waals surface area contributed by atoms with E-state index >= 15 is 0 Å². The van der Waals surface area contributed by atoms with E-state index in [2.05, 4.69) is 15.3 Å². The second-order valence-corrected chi connectivity index (χ2v) is 10.6. The van der Waals surface area contributed by atoms with Crippen LogP contribution in [-0.4, -0.2) is 84.2 Å². The molecule has 2 amide bonds. The molecule has 38 heavy (non-hydrogen) atoms. The van der Waals surface area contributed by atoms with Crippen molar-refractivity contribution < 1.29 is 27.7 Å². The molecular formula is C23H23ClN6O7S. The number of carbonyl (C=O) groups is 2. The quantitative estimate of drug-likeness (QED) is 0.311. The van der Waals surface area contributed by atoms with Gasteiger partial charge in [0.1, 0.15) is 16.4 Å². The largest absolute Gasteiger partial charge is 0.379 e. The molecule has 1 aliphatic rings. The van der Waals surface area contributed by atoms with Crippen molar-refractivity contribution in [3.05, 3.63) is 69.5 Å². The second-order valence-electron chi connectivity index (χ2n) is 8.32. The highest BCUT2D eigenvalue weighted by Crippen LogP contribution is 2.28. The molecule has 0 spiro atoms. The number of hydrogen-bond donors (Lipinski definition) is 2. The summed E-state index contributed by atoms with van der Waals surface area (Å²) in [6.45, 7) is 0.586. The van der Waals surface area contributed by atoms with Gasteiger partial charge in [-0.25, -0.2) is 13.4 Å². The van der Waals surface area contributed by atoms with Crippen LogP contribution in [0.2, 0.25) is 5.02 Å². The van der Waals surface area contributed by atoms with E-state index < -0.39 is 26.8 Å². The van der Waals surface area contributed by atoms with Crippen molar-refractivity contribution in [3.8, 4) is 11.4 Å². The lowest BCUT2D eigenvalue weighted by molar-refractivity contribution is -0.384. The molecule has 0 unspecified atom stereocenters. The molecule has 0 saturated carbocycles. The van der Waals surface area contributed by atoms with E-state index in [-0.39, 0.29) is 65.7 Å². The number of H-pyrrole nitrogens is 1. The molecular weight excluding hydrogens is 540 g/mol. The summed E-state index contributed by atoms with van der Waals surface area (Å²) in [4.78, 5) is 43.8. The third-order valence-corrected chi connectivity index (χ3v) is 8.05. The minimum absolute atomic E-state index is 0.0144. The minimum atomic E-state index is -3.89. The number of aromatic nitrogens is 2. The van der Waals surface area contributed by atoms with Crippen molar-refractivity contribution in [3.63, 3.8) is 0 Å². The number of benzene rings is 2. The first-order chi connectivity index (χ1) is 18.1. The van der Waals surface area contributed by atoms with Crippen LogP contribution in [0.5, 0.6) is 0 Å². The maximum absolute atomic E-state index is 13.0. The fourth-order valence-electron chi connectivity index (χ4n) is 3.74. The molecule has 2 N–H and O–H groups in total. The van der Waals surface area contributed by atoms with E-state index in [1.165, 1.54) is 53.9 Å². The lowest BCUT2D eigenvalue weighted by Gasteiger charge is -2.26. The second kappa shape index (κ2) is 11.3. The Morgan fingerprint density at radius 2 is 1.97 bits per heavy atom. The standard InChI is InChI=1S/C23H23ClN6O7S/c1-28(23(32)19-13-25-22(27-19)15-3-2-4-17(11-15)30(33)34)14-21(31)26-16-5-6-18(24)20(12-16)38(35,36)29-7-9-37-10-8-29/h2-6,11-13H,7-10,14H2,1H3,(H,25,27)(H,26,31). The molecule has 0 aliphatic carbocycles. The molecule has 200 valence electrons. The highest BCUT2D eigenvalue weighted by Gasteiger charge is 2.29. The number of amides is 2. The fourth-order valence-corrected chi connectivity index (χ4v) is 5.65. The highest BCUT2D eigenvalue weighted by atomic mass is 35.5. The molecule has 1 aliphatic heterocycles. The average Bonchev–Trinajstić information content (AvgIpc) is 3.40. The Morgan fingerprint density at radius 1 is 1.24 bits per heavy atom. The van der Waals surface area contributed by atoms with Crippen LogP contribution in [0.4, 0.5) is 11.4 Å². The smallest absolute Gasteiger partial charge is 0.272 e. The predicted octanol–water partition coefficient (Wildman–Crippen LogP) is 2.37. The van der Waals surface area contributed by atoms with E-state index in [9.17, 15) is 28.1 Å². The van der Waals surface area contributed by atoms with Gasteiger partial charge in [-0.05, 0) is 18.2 Å². The zero-order valence-corrected chi connectivity index (χ0v) is 21.7. The van der Waals surface area contributed by atoms with Crippen molar-refractivity contribution in [2.24, 2.45) is 0 Å². The van der Waals surface area contributed by atoms with E-state index in [0.29, 0.717) is 5.56 Å². The number of non-ortho nitro benzene ring substituents is 1. The van der Waals surface area contributed by atoms with Crippen molar-refractivity contribution in [1.29, 1.82) is 0 Å². The molecule has 1 fully saturated rings. The summed E-state index contributed by atoms with van der Waals surface area (Å²) in [6.07, 6.45) is 1.27. The number of aromatic amines is 1. The summed E-state index contributed by atoms with van der Waals surface area (Å²) >= 11 is 6.16. The number of nitrogens with zero attached hydrogens (tertiary/aromatic N) is 4. The topological polar surface area (TPSA) is 168 Å².